The van der Waals surface area contributed by atoms with E-state index in [1.54, 1.807) is 45.6 Å². The molecule has 6 fully saturated rings. The Morgan fingerprint density at radius 2 is 1.71 bits per heavy atom. The minimum atomic E-state index is -1.39. The Kier molecular flexibility index (Phi) is 7.87. The van der Waals surface area contributed by atoms with Crippen LogP contribution < -0.4 is 4.74 Å². The first-order valence-electron chi connectivity index (χ1n) is 16.7. The highest BCUT2D eigenvalue weighted by molar-refractivity contribution is 5.89. The van der Waals surface area contributed by atoms with Gasteiger partial charge in [0.2, 0.25) is 0 Å². The molecule has 1 heterocycles. The molecular formula is C35H51NO9. The molecule has 1 spiro atoms. The Balaban J connectivity index is 1.44. The highest BCUT2D eigenvalue weighted by atomic mass is 16.6. The molecule has 1 aromatic carbocycles. The second-order valence-electron chi connectivity index (χ2n) is 14.5. The molecule has 5 saturated carbocycles. The molecule has 0 radical (unpaired) electrons. The number of likely N-dealkylation sites (tertiary alicyclic amines) is 1. The van der Waals surface area contributed by atoms with Crippen LogP contribution >= 0.6 is 0 Å². The lowest BCUT2D eigenvalue weighted by Gasteiger charge is -2.69. The van der Waals surface area contributed by atoms with Gasteiger partial charge in [0.25, 0.3) is 0 Å². The van der Waals surface area contributed by atoms with Crippen LogP contribution in [0, 0.1) is 34.5 Å². The monoisotopic (exact) mass is 629 g/mol. The predicted octanol–water partition coefficient (Wildman–Crippen LogP) is 3.19. The fourth-order valence-electron chi connectivity index (χ4n) is 12.5. The lowest BCUT2D eigenvalue weighted by Crippen LogP contribution is -2.77. The summed E-state index contributed by atoms with van der Waals surface area (Å²) in [5.41, 5.74) is -2.25. The molecule has 6 aliphatic rings. The van der Waals surface area contributed by atoms with Crippen LogP contribution in [0.25, 0.3) is 0 Å². The van der Waals surface area contributed by atoms with Crippen LogP contribution in [-0.2, 0) is 28.4 Å². The zero-order chi connectivity index (χ0) is 31.9. The second kappa shape index (κ2) is 11.1. The molecule has 7 rings (SSSR count). The van der Waals surface area contributed by atoms with Gasteiger partial charge in [0, 0.05) is 82.6 Å². The second-order valence-corrected chi connectivity index (χ2v) is 14.5. The van der Waals surface area contributed by atoms with Crippen molar-refractivity contribution in [3.05, 3.63) is 29.8 Å². The summed E-state index contributed by atoms with van der Waals surface area (Å²) >= 11 is 0. The molecule has 13 atom stereocenters. The smallest absolute Gasteiger partial charge is 0.338 e. The Hall–Kier alpha value is -1.79. The number of piperidine rings is 1. The minimum Gasteiger partial charge on any atom is -0.497 e. The van der Waals surface area contributed by atoms with Crippen LogP contribution in [0.5, 0.6) is 5.75 Å². The zero-order valence-electron chi connectivity index (χ0n) is 27.8. The first-order valence-corrected chi connectivity index (χ1v) is 16.7. The molecule has 10 heteroatoms. The molecular weight excluding hydrogens is 578 g/mol. The van der Waals surface area contributed by atoms with Gasteiger partial charge in [-0.3, -0.25) is 4.90 Å². The van der Waals surface area contributed by atoms with E-state index in [-0.39, 0.29) is 52.8 Å². The lowest BCUT2D eigenvalue weighted by atomic mass is 9.43. The van der Waals surface area contributed by atoms with Gasteiger partial charge in [-0.15, -0.1) is 0 Å². The van der Waals surface area contributed by atoms with Crippen LogP contribution in [0.15, 0.2) is 24.3 Å². The SMILES string of the molecule is CCO[C@]12C[C@H](OC)[C@]3(O)C[C@H]([C@@H]1[C@H]3OC(=O)c1ccc(OC)cc1)[C@@]13C(OC)CC[C@@]4(COC)CN(CC)[C@@H]1[C@@H]2[C@H](OC)[C@H]43. The maximum atomic E-state index is 13.9. The zero-order valence-corrected chi connectivity index (χ0v) is 27.8. The predicted molar refractivity (Wildman–Crippen MR) is 164 cm³/mol. The Morgan fingerprint density at radius 1 is 0.978 bits per heavy atom. The van der Waals surface area contributed by atoms with E-state index in [0.717, 1.165) is 25.9 Å². The largest absolute Gasteiger partial charge is 0.497 e. The van der Waals surface area contributed by atoms with Crippen molar-refractivity contribution in [1.82, 2.24) is 4.90 Å². The molecule has 1 unspecified atom stereocenters. The van der Waals surface area contributed by atoms with Crippen LogP contribution in [0.2, 0.25) is 0 Å². The van der Waals surface area contributed by atoms with Gasteiger partial charge in [-0.1, -0.05) is 6.92 Å². The van der Waals surface area contributed by atoms with Crippen LogP contribution in [-0.4, -0.2) is 119 Å². The Morgan fingerprint density at radius 3 is 2.31 bits per heavy atom. The summed E-state index contributed by atoms with van der Waals surface area (Å²) < 4.78 is 44.3. The van der Waals surface area contributed by atoms with Crippen molar-refractivity contribution in [2.75, 3.05) is 61.9 Å². The number of esters is 1. The van der Waals surface area contributed by atoms with E-state index < -0.39 is 29.4 Å². The summed E-state index contributed by atoms with van der Waals surface area (Å²) in [6.45, 7) is 7.19. The van der Waals surface area contributed by atoms with E-state index in [1.165, 1.54) is 0 Å². The van der Waals surface area contributed by atoms with Crippen molar-refractivity contribution in [1.29, 1.82) is 0 Å². The van der Waals surface area contributed by atoms with Crippen molar-refractivity contribution in [3.63, 3.8) is 0 Å². The fraction of sp³-hybridized carbons (Fsp3) is 0.800. The fourth-order valence-corrected chi connectivity index (χ4v) is 12.5. The maximum absolute atomic E-state index is 13.9. The van der Waals surface area contributed by atoms with Gasteiger partial charge in [-0.05, 0) is 62.9 Å². The van der Waals surface area contributed by atoms with E-state index >= 15 is 0 Å². The van der Waals surface area contributed by atoms with Gasteiger partial charge in [0.1, 0.15) is 17.5 Å². The quantitative estimate of drug-likeness (QED) is 0.367. The van der Waals surface area contributed by atoms with E-state index in [1.807, 2.05) is 21.1 Å². The topological polar surface area (TPSA) is 105 Å². The van der Waals surface area contributed by atoms with Crippen LogP contribution in [0.3, 0.4) is 0 Å². The van der Waals surface area contributed by atoms with E-state index in [0.29, 0.717) is 37.4 Å². The third-order valence-corrected chi connectivity index (χ3v) is 13.4. The summed E-state index contributed by atoms with van der Waals surface area (Å²) in [5, 5.41) is 12.8. The number of hydrogen-bond acceptors (Lipinski definition) is 10. The van der Waals surface area contributed by atoms with E-state index in [9.17, 15) is 9.90 Å². The van der Waals surface area contributed by atoms with Gasteiger partial charge in [0.15, 0.2) is 0 Å². The van der Waals surface area contributed by atoms with Crippen molar-refractivity contribution in [2.45, 2.75) is 81.2 Å². The summed E-state index contributed by atoms with van der Waals surface area (Å²) in [7, 11) is 8.72. The van der Waals surface area contributed by atoms with Crippen molar-refractivity contribution >= 4 is 5.97 Å². The summed E-state index contributed by atoms with van der Waals surface area (Å²) in [6.07, 6.45) is 1.21. The normalized spacial score (nSPS) is 47.5. The average Bonchev–Trinajstić information content (AvgIpc) is 3.42. The van der Waals surface area contributed by atoms with Gasteiger partial charge >= 0.3 is 5.97 Å². The third-order valence-electron chi connectivity index (χ3n) is 13.4. The molecule has 1 N–H and O–H groups in total. The molecule has 7 bridgehead atoms. The van der Waals surface area contributed by atoms with Gasteiger partial charge in [-0.25, -0.2) is 4.79 Å². The first-order chi connectivity index (χ1) is 21.7. The Bertz CT molecular complexity index is 1280. The molecule has 250 valence electrons. The van der Waals surface area contributed by atoms with Crippen molar-refractivity contribution in [2.24, 2.45) is 34.5 Å². The van der Waals surface area contributed by atoms with E-state index in [2.05, 4.69) is 11.8 Å². The van der Waals surface area contributed by atoms with Crippen molar-refractivity contribution in [3.8, 4) is 5.75 Å². The average molecular weight is 630 g/mol. The lowest BCUT2D eigenvalue weighted by molar-refractivity contribution is -0.293. The number of benzene rings is 1. The number of carbonyl (C=O) groups is 1. The van der Waals surface area contributed by atoms with Crippen LogP contribution in [0.1, 0.15) is 49.9 Å². The first kappa shape index (κ1) is 31.8. The van der Waals surface area contributed by atoms with E-state index in [4.69, 9.17) is 33.2 Å². The number of carbonyl (C=O) groups excluding carboxylic acids is 1. The molecule has 10 nitrogen and oxygen atoms in total. The number of ether oxygens (including phenoxy) is 7. The van der Waals surface area contributed by atoms with Crippen molar-refractivity contribution < 1.29 is 43.1 Å². The van der Waals surface area contributed by atoms with Crippen LogP contribution in [0.4, 0.5) is 0 Å². The summed E-state index contributed by atoms with van der Waals surface area (Å²) in [5.74, 6) is -0.0780. The molecule has 5 aliphatic carbocycles. The number of rotatable bonds is 11. The minimum absolute atomic E-state index is 0.0504. The molecule has 45 heavy (non-hydrogen) atoms. The number of aliphatic hydroxyl groups is 1. The Labute approximate surface area is 266 Å². The number of hydrogen-bond donors (Lipinski definition) is 1. The number of methoxy groups -OCH3 is 5. The van der Waals surface area contributed by atoms with Gasteiger partial charge in [-0.2, -0.15) is 0 Å². The molecule has 1 aliphatic heterocycles. The molecule has 0 aromatic heterocycles. The summed E-state index contributed by atoms with van der Waals surface area (Å²) in [6, 6.07) is 7.02. The molecule has 1 saturated heterocycles. The maximum Gasteiger partial charge on any atom is 0.338 e. The third kappa shape index (κ3) is 3.85. The standard InChI is InChI=1S/C35H51NO9/c1-8-36-18-32(19-39-3)15-14-23(41-5)35-22-16-33(38)24(42-6)17-34(44-9-2,26(29(35)36)27(43-7)28(32)35)25(22)30(33)45-31(37)20-10-12-21(40-4)13-11-20/h10-13,22-30,38H,8-9,14-19H2,1-7H3/t22-,23?,24+,25-,26+,27+,28-,29-,30-,32+,33-,34-,35+/m1/s1. The van der Waals surface area contributed by atoms with Gasteiger partial charge < -0.3 is 38.3 Å². The number of nitrogens with zero attached hydrogens (tertiary/aromatic N) is 1. The molecule has 1 aromatic rings. The summed E-state index contributed by atoms with van der Waals surface area (Å²) in [4.78, 5) is 16.5. The van der Waals surface area contributed by atoms with Gasteiger partial charge in [0.05, 0.1) is 43.2 Å². The highest BCUT2D eigenvalue weighted by Gasteiger charge is 2.89. The highest BCUT2D eigenvalue weighted by Crippen LogP contribution is 2.80. The number of fused-ring (bicyclic) bond motifs is 2. The molecule has 0 amide bonds.